The van der Waals surface area contributed by atoms with Crippen LogP contribution in [0.4, 0.5) is 0 Å². The van der Waals surface area contributed by atoms with Crippen LogP contribution in [0.3, 0.4) is 0 Å². The SMILES string of the molecule is CC1(NS(=O)(=O)c2cc(C(=O)O)ccc2Cl)CCOC1. The van der Waals surface area contributed by atoms with Gasteiger partial charge >= 0.3 is 5.97 Å². The molecular weight excluding hydrogens is 306 g/mol. The monoisotopic (exact) mass is 319 g/mol. The summed E-state index contributed by atoms with van der Waals surface area (Å²) in [6.45, 7) is 2.47. The first-order chi connectivity index (χ1) is 9.23. The van der Waals surface area contributed by atoms with E-state index in [9.17, 15) is 13.2 Å². The number of sulfonamides is 1. The number of ether oxygens (including phenoxy) is 1. The van der Waals surface area contributed by atoms with E-state index >= 15 is 0 Å². The van der Waals surface area contributed by atoms with Crippen molar-refractivity contribution in [1.29, 1.82) is 0 Å². The van der Waals surface area contributed by atoms with E-state index in [2.05, 4.69) is 4.72 Å². The number of nitrogens with one attached hydrogen (secondary N) is 1. The molecule has 0 amide bonds. The zero-order chi connectivity index (χ0) is 15.0. The van der Waals surface area contributed by atoms with Crippen molar-refractivity contribution >= 4 is 27.6 Å². The predicted molar refractivity (Wildman–Crippen MR) is 72.6 cm³/mol. The molecule has 0 saturated carbocycles. The highest BCUT2D eigenvalue weighted by molar-refractivity contribution is 7.89. The highest BCUT2D eigenvalue weighted by Gasteiger charge is 2.35. The summed E-state index contributed by atoms with van der Waals surface area (Å²) >= 11 is 5.87. The maximum Gasteiger partial charge on any atom is 0.335 e. The van der Waals surface area contributed by atoms with Gasteiger partial charge in [-0.15, -0.1) is 0 Å². The van der Waals surface area contributed by atoms with Crippen LogP contribution in [0.5, 0.6) is 0 Å². The lowest BCUT2D eigenvalue weighted by Gasteiger charge is -2.23. The van der Waals surface area contributed by atoms with Crippen LogP contribution in [0, 0.1) is 0 Å². The first kappa shape index (κ1) is 15.2. The van der Waals surface area contributed by atoms with Crippen LogP contribution >= 0.6 is 11.6 Å². The molecular formula is C12H14ClNO5S. The Hall–Kier alpha value is -1.15. The van der Waals surface area contributed by atoms with Crippen molar-refractivity contribution < 1.29 is 23.1 Å². The van der Waals surface area contributed by atoms with Gasteiger partial charge in [0.2, 0.25) is 10.0 Å². The number of benzene rings is 1. The Labute approximate surface area is 121 Å². The molecule has 1 heterocycles. The standard InChI is InChI=1S/C12H14ClNO5S/c1-12(4-5-19-7-12)14-20(17,18)10-6-8(11(15)16)2-3-9(10)13/h2-3,6,14H,4-5,7H2,1H3,(H,15,16). The summed E-state index contributed by atoms with van der Waals surface area (Å²) in [6.07, 6.45) is 0.544. The fourth-order valence-electron chi connectivity index (χ4n) is 1.97. The summed E-state index contributed by atoms with van der Waals surface area (Å²) in [6, 6.07) is 3.56. The molecule has 1 aromatic rings. The molecule has 2 rings (SSSR count). The van der Waals surface area contributed by atoms with Crippen molar-refractivity contribution in [1.82, 2.24) is 4.72 Å². The van der Waals surface area contributed by atoms with Crippen LogP contribution in [-0.2, 0) is 14.8 Å². The Bertz CT molecular complexity index is 637. The van der Waals surface area contributed by atoms with Crippen molar-refractivity contribution in [2.24, 2.45) is 0 Å². The van der Waals surface area contributed by atoms with Gasteiger partial charge < -0.3 is 9.84 Å². The lowest BCUT2D eigenvalue weighted by Crippen LogP contribution is -2.46. The largest absolute Gasteiger partial charge is 0.478 e. The van der Waals surface area contributed by atoms with E-state index < -0.39 is 21.5 Å². The molecule has 0 aromatic heterocycles. The van der Waals surface area contributed by atoms with Crippen LogP contribution in [0.1, 0.15) is 23.7 Å². The highest BCUT2D eigenvalue weighted by Crippen LogP contribution is 2.26. The summed E-state index contributed by atoms with van der Waals surface area (Å²) in [5.74, 6) is -1.21. The van der Waals surface area contributed by atoms with Crippen molar-refractivity contribution in [2.45, 2.75) is 23.8 Å². The first-order valence-electron chi connectivity index (χ1n) is 5.88. The molecule has 6 nitrogen and oxygen atoms in total. The second-order valence-electron chi connectivity index (χ2n) is 4.92. The lowest BCUT2D eigenvalue weighted by atomic mass is 10.0. The molecule has 1 aromatic carbocycles. The number of hydrogen-bond acceptors (Lipinski definition) is 4. The second kappa shape index (κ2) is 5.33. The third kappa shape index (κ3) is 3.12. The number of carbonyl (C=O) groups is 1. The fourth-order valence-corrected chi connectivity index (χ4v) is 3.92. The van der Waals surface area contributed by atoms with Crippen molar-refractivity contribution in [2.75, 3.05) is 13.2 Å². The number of halogens is 1. The van der Waals surface area contributed by atoms with E-state index in [-0.39, 0.29) is 22.1 Å². The Kier molecular flexibility index (Phi) is 4.06. The number of rotatable bonds is 4. The van der Waals surface area contributed by atoms with E-state index in [1.165, 1.54) is 12.1 Å². The summed E-state index contributed by atoms with van der Waals surface area (Å²) in [5.41, 5.74) is -0.843. The van der Waals surface area contributed by atoms with Gasteiger partial charge in [0.25, 0.3) is 0 Å². The Morgan fingerprint density at radius 3 is 2.75 bits per heavy atom. The van der Waals surface area contributed by atoms with E-state index in [1.807, 2.05) is 0 Å². The molecule has 8 heteroatoms. The molecule has 110 valence electrons. The molecule has 1 saturated heterocycles. The third-order valence-electron chi connectivity index (χ3n) is 3.07. The zero-order valence-corrected chi connectivity index (χ0v) is 12.3. The first-order valence-corrected chi connectivity index (χ1v) is 7.74. The molecule has 0 aliphatic carbocycles. The maximum atomic E-state index is 12.3. The van der Waals surface area contributed by atoms with Gasteiger partial charge in [0.15, 0.2) is 0 Å². The quantitative estimate of drug-likeness (QED) is 0.877. The van der Waals surface area contributed by atoms with Crippen LogP contribution in [-0.4, -0.2) is 38.2 Å². The Balaban J connectivity index is 2.38. The molecule has 2 N–H and O–H groups in total. The smallest absolute Gasteiger partial charge is 0.335 e. The highest BCUT2D eigenvalue weighted by atomic mass is 35.5. The molecule has 0 radical (unpaired) electrons. The molecule has 0 spiro atoms. The normalized spacial score (nSPS) is 22.9. The van der Waals surface area contributed by atoms with Crippen LogP contribution in [0.2, 0.25) is 5.02 Å². The minimum absolute atomic E-state index is 0.0231. The molecule has 1 aliphatic heterocycles. The van der Waals surface area contributed by atoms with E-state index in [0.717, 1.165) is 6.07 Å². The topological polar surface area (TPSA) is 92.7 Å². The zero-order valence-electron chi connectivity index (χ0n) is 10.7. The number of carboxylic acids is 1. The summed E-state index contributed by atoms with van der Waals surface area (Å²) < 4.78 is 32.4. The van der Waals surface area contributed by atoms with Crippen LogP contribution < -0.4 is 4.72 Å². The maximum absolute atomic E-state index is 12.3. The van der Waals surface area contributed by atoms with Crippen molar-refractivity contribution in [3.8, 4) is 0 Å². The third-order valence-corrected chi connectivity index (χ3v) is 5.19. The molecule has 1 unspecified atom stereocenters. The van der Waals surface area contributed by atoms with Crippen LogP contribution in [0.25, 0.3) is 0 Å². The van der Waals surface area contributed by atoms with Gasteiger partial charge in [0.1, 0.15) is 4.90 Å². The van der Waals surface area contributed by atoms with E-state index in [1.54, 1.807) is 6.92 Å². The Morgan fingerprint density at radius 2 is 2.20 bits per heavy atom. The molecule has 1 atom stereocenters. The van der Waals surface area contributed by atoms with Crippen LogP contribution in [0.15, 0.2) is 23.1 Å². The van der Waals surface area contributed by atoms with Crippen molar-refractivity contribution in [3.63, 3.8) is 0 Å². The second-order valence-corrected chi connectivity index (χ2v) is 6.98. The van der Waals surface area contributed by atoms with Gasteiger partial charge in [-0.1, -0.05) is 11.6 Å². The average molecular weight is 320 g/mol. The lowest BCUT2D eigenvalue weighted by molar-refractivity contribution is 0.0696. The van der Waals surface area contributed by atoms with Gasteiger partial charge in [-0.25, -0.2) is 17.9 Å². The predicted octanol–water partition coefficient (Wildman–Crippen LogP) is 1.50. The molecule has 20 heavy (non-hydrogen) atoms. The Morgan fingerprint density at radius 1 is 1.50 bits per heavy atom. The minimum Gasteiger partial charge on any atom is -0.478 e. The summed E-state index contributed by atoms with van der Waals surface area (Å²) in [5, 5.41) is 8.90. The van der Waals surface area contributed by atoms with Gasteiger partial charge in [-0.05, 0) is 31.5 Å². The van der Waals surface area contributed by atoms with Gasteiger partial charge in [-0.2, -0.15) is 0 Å². The number of carboxylic acid groups (broad SMARTS) is 1. The fraction of sp³-hybridized carbons (Fsp3) is 0.417. The molecule has 1 aliphatic rings. The molecule has 0 bridgehead atoms. The summed E-state index contributed by atoms with van der Waals surface area (Å²) in [7, 11) is -3.91. The average Bonchev–Trinajstić information content (AvgIpc) is 2.74. The van der Waals surface area contributed by atoms with Crippen molar-refractivity contribution in [3.05, 3.63) is 28.8 Å². The van der Waals surface area contributed by atoms with Gasteiger partial charge in [0.05, 0.1) is 22.7 Å². The molecule has 1 fully saturated rings. The van der Waals surface area contributed by atoms with Gasteiger partial charge in [0, 0.05) is 6.61 Å². The number of hydrogen-bond donors (Lipinski definition) is 2. The minimum atomic E-state index is -3.91. The van der Waals surface area contributed by atoms with E-state index in [4.69, 9.17) is 21.4 Å². The number of aromatic carboxylic acids is 1. The van der Waals surface area contributed by atoms with Gasteiger partial charge in [-0.3, -0.25) is 0 Å². The van der Waals surface area contributed by atoms with E-state index in [0.29, 0.717) is 13.0 Å². The summed E-state index contributed by atoms with van der Waals surface area (Å²) in [4.78, 5) is 10.7.